The molecule has 1 fully saturated rings. The van der Waals surface area contributed by atoms with Gasteiger partial charge < -0.3 is 4.74 Å². The first-order valence-electron chi connectivity index (χ1n) is 9.41. The minimum Gasteiger partial charge on any atom is -0.467 e. The third-order valence-corrected chi connectivity index (χ3v) is 5.84. The molecule has 6 nitrogen and oxygen atoms in total. The molecule has 1 saturated heterocycles. The van der Waals surface area contributed by atoms with E-state index in [1.807, 2.05) is 6.07 Å². The highest BCUT2D eigenvalue weighted by atomic mass is 79.9. The summed E-state index contributed by atoms with van der Waals surface area (Å²) in [7, 11) is 1.29. The van der Waals surface area contributed by atoms with E-state index in [4.69, 9.17) is 39.5 Å². The maximum Gasteiger partial charge on any atom is 0.338 e. The van der Waals surface area contributed by atoms with Crippen LogP contribution in [-0.2, 0) is 24.7 Å². The van der Waals surface area contributed by atoms with Crippen LogP contribution in [0.15, 0.2) is 64.1 Å². The van der Waals surface area contributed by atoms with Crippen molar-refractivity contribution in [2.45, 2.75) is 22.7 Å². The zero-order valence-electron chi connectivity index (χ0n) is 16.8. The van der Waals surface area contributed by atoms with Crippen LogP contribution in [0.3, 0.4) is 0 Å². The predicted octanol–water partition coefficient (Wildman–Crippen LogP) is 5.23. The van der Waals surface area contributed by atoms with Crippen molar-refractivity contribution >= 4 is 80.4 Å². The summed E-state index contributed by atoms with van der Waals surface area (Å²) in [6.07, 6.45) is 1.50. The number of aliphatic imine (C=N–C) groups is 1. The van der Waals surface area contributed by atoms with E-state index >= 15 is 0 Å². The number of para-hydroxylation sites is 1. The lowest BCUT2D eigenvalue weighted by Crippen LogP contribution is -2.40. The highest BCUT2D eigenvalue weighted by Crippen LogP contribution is 2.50. The van der Waals surface area contributed by atoms with E-state index in [0.717, 1.165) is 4.47 Å². The summed E-state index contributed by atoms with van der Waals surface area (Å²) in [5, 5.41) is 0. The molecular formula is C22H18BrCl3N2O4. The van der Waals surface area contributed by atoms with Crippen molar-refractivity contribution in [2.24, 2.45) is 10.4 Å². The molecule has 0 aliphatic carbocycles. The summed E-state index contributed by atoms with van der Waals surface area (Å²) < 4.78 is 5.13. The number of benzene rings is 2. The van der Waals surface area contributed by atoms with Gasteiger partial charge in [-0.2, -0.15) is 0 Å². The zero-order valence-corrected chi connectivity index (χ0v) is 20.7. The quantitative estimate of drug-likeness (QED) is 0.293. The lowest BCUT2D eigenvalue weighted by atomic mass is 9.75. The standard InChI is InChI=1S/C21H17BrN2O4.CHCl3/c1-28-19(27)21(14-7-9-15(22)10-8-14)12-20(13-23-21)11-17(25)24(18(20)26)16-5-3-2-4-6-16;2-1(3)4/h2-10,13H,11-12H2,1H3;1H/t20-,21+;/m0./s1. The largest absolute Gasteiger partial charge is 0.467 e. The summed E-state index contributed by atoms with van der Waals surface area (Å²) in [5.41, 5.74) is -1.37. The molecule has 4 rings (SSSR count). The van der Waals surface area contributed by atoms with Crippen LogP contribution in [0.25, 0.3) is 0 Å². The Morgan fingerprint density at radius 1 is 1.09 bits per heavy atom. The maximum absolute atomic E-state index is 13.3. The summed E-state index contributed by atoms with van der Waals surface area (Å²) in [4.78, 5) is 44.4. The van der Waals surface area contributed by atoms with Crippen LogP contribution in [0.1, 0.15) is 18.4 Å². The second kappa shape index (κ2) is 9.91. The van der Waals surface area contributed by atoms with Crippen LogP contribution >= 0.6 is 50.7 Å². The van der Waals surface area contributed by atoms with Crippen molar-refractivity contribution in [1.29, 1.82) is 0 Å². The third kappa shape index (κ3) is 4.71. The monoisotopic (exact) mass is 558 g/mol. The fourth-order valence-corrected chi connectivity index (χ4v) is 4.20. The molecule has 2 amide bonds. The average molecular weight is 561 g/mol. The van der Waals surface area contributed by atoms with Crippen LogP contribution in [-0.4, -0.2) is 35.4 Å². The van der Waals surface area contributed by atoms with Gasteiger partial charge in [-0.15, -0.1) is 0 Å². The second-order valence-electron chi connectivity index (χ2n) is 7.24. The van der Waals surface area contributed by atoms with Gasteiger partial charge in [-0.05, 0) is 29.8 Å². The molecule has 2 aliphatic rings. The second-order valence-corrected chi connectivity index (χ2v) is 10.1. The Bertz CT molecular complexity index is 1050. The first-order chi connectivity index (χ1) is 15.1. The fraction of sp³-hybridized carbons (Fsp3) is 0.273. The normalized spacial score (nSPS) is 24.1. The number of ether oxygens (including phenoxy) is 1. The van der Waals surface area contributed by atoms with Gasteiger partial charge in [0.25, 0.3) is 0 Å². The van der Waals surface area contributed by atoms with Crippen molar-refractivity contribution in [2.75, 3.05) is 12.0 Å². The Hall–Kier alpha value is -1.93. The van der Waals surface area contributed by atoms with Gasteiger partial charge in [-0.3, -0.25) is 14.6 Å². The van der Waals surface area contributed by atoms with Gasteiger partial charge in [0.15, 0.2) is 9.83 Å². The van der Waals surface area contributed by atoms with Crippen LogP contribution < -0.4 is 4.90 Å². The van der Waals surface area contributed by atoms with Crippen molar-refractivity contribution in [3.63, 3.8) is 0 Å². The van der Waals surface area contributed by atoms with Crippen LogP contribution in [0.2, 0.25) is 0 Å². The molecule has 10 heteroatoms. The van der Waals surface area contributed by atoms with Crippen molar-refractivity contribution in [3.05, 3.63) is 64.6 Å². The molecule has 2 heterocycles. The van der Waals surface area contributed by atoms with Gasteiger partial charge in [0, 0.05) is 23.5 Å². The molecule has 0 unspecified atom stereocenters. The number of halogens is 4. The van der Waals surface area contributed by atoms with E-state index in [0.29, 0.717) is 11.3 Å². The number of amides is 2. The number of anilines is 1. The molecule has 0 bridgehead atoms. The number of hydrogen-bond acceptors (Lipinski definition) is 5. The van der Waals surface area contributed by atoms with Gasteiger partial charge in [0.1, 0.15) is 0 Å². The van der Waals surface area contributed by atoms with Gasteiger partial charge in [-0.25, -0.2) is 9.69 Å². The van der Waals surface area contributed by atoms with Gasteiger partial charge in [-0.1, -0.05) is 81.1 Å². The number of alkyl halides is 3. The number of hydrogen-bond donors (Lipinski definition) is 0. The Balaban J connectivity index is 0.000000668. The molecule has 2 aliphatic heterocycles. The Labute approximate surface area is 208 Å². The topological polar surface area (TPSA) is 76.0 Å². The van der Waals surface area contributed by atoms with Crippen molar-refractivity contribution in [1.82, 2.24) is 0 Å². The zero-order chi connectivity index (χ0) is 23.5. The van der Waals surface area contributed by atoms with Gasteiger partial charge in [0.05, 0.1) is 18.2 Å². The van der Waals surface area contributed by atoms with Crippen molar-refractivity contribution < 1.29 is 19.1 Å². The Morgan fingerprint density at radius 3 is 2.25 bits per heavy atom. The van der Waals surface area contributed by atoms with Crippen molar-refractivity contribution in [3.8, 4) is 0 Å². The predicted molar refractivity (Wildman–Crippen MR) is 128 cm³/mol. The molecule has 168 valence electrons. The Morgan fingerprint density at radius 2 is 1.69 bits per heavy atom. The molecule has 2 aromatic rings. The van der Waals surface area contributed by atoms with Crippen LogP contribution in [0.5, 0.6) is 0 Å². The molecule has 0 saturated carbocycles. The average Bonchev–Trinajstić information content (AvgIpc) is 3.26. The number of nitrogens with zero attached hydrogens (tertiary/aromatic N) is 2. The number of carbonyl (C=O) groups excluding carboxylic acids is 3. The minimum absolute atomic E-state index is 0.0283. The molecule has 2 aromatic carbocycles. The number of rotatable bonds is 3. The summed E-state index contributed by atoms with van der Waals surface area (Å²) >= 11 is 17.8. The smallest absolute Gasteiger partial charge is 0.338 e. The summed E-state index contributed by atoms with van der Waals surface area (Å²) in [6.45, 7) is 0. The number of esters is 1. The molecule has 0 N–H and O–H groups in total. The molecule has 0 radical (unpaired) electrons. The number of carbonyl (C=O) groups is 3. The first kappa shape index (κ1) is 24.7. The molecular weight excluding hydrogens is 543 g/mol. The third-order valence-electron chi connectivity index (χ3n) is 5.31. The fourth-order valence-electron chi connectivity index (χ4n) is 3.93. The van der Waals surface area contributed by atoms with E-state index < -0.39 is 21.2 Å². The van der Waals surface area contributed by atoms with E-state index in [2.05, 4.69) is 20.9 Å². The lowest BCUT2D eigenvalue weighted by molar-refractivity contribution is -0.148. The SMILES string of the molecule is COC(=O)[C@]1(c2ccc(Br)cc2)C[C@]2(C=N1)CC(=O)N(c1ccccc1)C2=O.ClC(Cl)Cl. The van der Waals surface area contributed by atoms with E-state index in [9.17, 15) is 14.4 Å². The summed E-state index contributed by atoms with van der Waals surface area (Å²) in [5.74, 6) is -1.23. The van der Waals surface area contributed by atoms with Crippen LogP contribution in [0.4, 0.5) is 5.69 Å². The molecule has 2 atom stereocenters. The number of imide groups is 1. The maximum atomic E-state index is 13.3. The molecule has 0 aromatic heterocycles. The van der Waals surface area contributed by atoms with Crippen LogP contribution in [0, 0.1) is 5.41 Å². The van der Waals surface area contributed by atoms with Gasteiger partial charge in [0.2, 0.25) is 11.8 Å². The van der Waals surface area contributed by atoms with E-state index in [-0.39, 0.29) is 24.7 Å². The first-order valence-corrected chi connectivity index (χ1v) is 11.5. The Kier molecular flexibility index (Phi) is 7.65. The summed E-state index contributed by atoms with van der Waals surface area (Å²) in [6, 6.07) is 15.9. The molecule has 32 heavy (non-hydrogen) atoms. The van der Waals surface area contributed by atoms with E-state index in [1.54, 1.807) is 48.5 Å². The minimum atomic E-state index is -1.35. The number of methoxy groups -OCH3 is 1. The highest BCUT2D eigenvalue weighted by molar-refractivity contribution is 9.10. The van der Waals surface area contributed by atoms with Gasteiger partial charge >= 0.3 is 5.97 Å². The lowest BCUT2D eigenvalue weighted by Gasteiger charge is -2.27. The molecule has 1 spiro atoms. The highest BCUT2D eigenvalue weighted by Gasteiger charge is 2.61. The van der Waals surface area contributed by atoms with E-state index in [1.165, 1.54) is 18.2 Å².